The molecule has 1 spiro atoms. The van der Waals surface area contributed by atoms with Gasteiger partial charge in [-0.1, -0.05) is 18.7 Å². The van der Waals surface area contributed by atoms with Gasteiger partial charge in [0.15, 0.2) is 0 Å². The molecule has 1 amide bonds. The van der Waals surface area contributed by atoms with Crippen LogP contribution in [0.4, 0.5) is 4.79 Å². The number of carbonyl (C=O) groups excluding carboxylic acids is 1. The quantitative estimate of drug-likeness (QED) is 0.777. The van der Waals surface area contributed by atoms with Crippen molar-refractivity contribution in [1.29, 1.82) is 0 Å². The Bertz CT molecular complexity index is 405. The number of rotatable bonds is 3. The van der Waals surface area contributed by atoms with Crippen molar-refractivity contribution in [2.24, 2.45) is 5.41 Å². The second-order valence-electron chi connectivity index (χ2n) is 4.87. The van der Waals surface area contributed by atoms with Crippen molar-refractivity contribution in [2.45, 2.75) is 19.3 Å². The lowest BCUT2D eigenvalue weighted by Gasteiger charge is -2.44. The van der Waals surface area contributed by atoms with Gasteiger partial charge in [0.2, 0.25) is 0 Å². The van der Waals surface area contributed by atoms with E-state index in [9.17, 15) is 9.59 Å². The third-order valence-corrected chi connectivity index (χ3v) is 3.64. The lowest BCUT2D eigenvalue weighted by atomic mass is 9.65. The van der Waals surface area contributed by atoms with E-state index in [0.717, 1.165) is 12.8 Å². The summed E-state index contributed by atoms with van der Waals surface area (Å²) in [6.07, 6.45) is 5.32. The highest BCUT2D eigenvalue weighted by Gasteiger charge is 2.42. The maximum absolute atomic E-state index is 11.6. The summed E-state index contributed by atoms with van der Waals surface area (Å²) >= 11 is 0. The monoisotopic (exact) mass is 251 g/mol. The summed E-state index contributed by atoms with van der Waals surface area (Å²) in [4.78, 5) is 24.0. The van der Waals surface area contributed by atoms with Gasteiger partial charge in [0, 0.05) is 18.7 Å². The fourth-order valence-electron chi connectivity index (χ4n) is 2.53. The topological polar surface area (TPSA) is 66.8 Å². The van der Waals surface area contributed by atoms with Gasteiger partial charge in [-0.05, 0) is 24.7 Å². The third kappa shape index (κ3) is 2.39. The van der Waals surface area contributed by atoms with Gasteiger partial charge in [0.1, 0.15) is 6.61 Å². The minimum atomic E-state index is -0.826. The van der Waals surface area contributed by atoms with Crippen LogP contribution in [0.25, 0.3) is 0 Å². The zero-order chi connectivity index (χ0) is 13.2. The number of hydrogen-bond acceptors (Lipinski definition) is 3. The molecule has 0 radical (unpaired) electrons. The Hall–Kier alpha value is -1.78. The number of carboxylic acid groups (broad SMARTS) is 1. The summed E-state index contributed by atoms with van der Waals surface area (Å²) in [5, 5.41) is 8.82. The van der Waals surface area contributed by atoms with Crippen molar-refractivity contribution in [3.63, 3.8) is 0 Å². The van der Waals surface area contributed by atoms with E-state index in [1.807, 2.05) is 6.08 Å². The fraction of sp³-hybridized carbons (Fsp3) is 0.538. The predicted molar refractivity (Wildman–Crippen MR) is 65.1 cm³/mol. The molecule has 2 aliphatic rings. The molecule has 1 heterocycles. The number of likely N-dealkylation sites (tertiary alicyclic amines) is 1. The molecule has 1 aliphatic heterocycles. The fourth-order valence-corrected chi connectivity index (χ4v) is 2.53. The number of aliphatic carboxylic acids is 1. The van der Waals surface area contributed by atoms with Gasteiger partial charge in [0.05, 0.1) is 0 Å². The van der Waals surface area contributed by atoms with Crippen molar-refractivity contribution in [1.82, 2.24) is 4.90 Å². The molecule has 5 nitrogen and oxygen atoms in total. The first-order valence-electron chi connectivity index (χ1n) is 6.04. The maximum atomic E-state index is 11.6. The molecule has 1 N–H and O–H groups in total. The molecule has 0 saturated carbocycles. The predicted octanol–water partition coefficient (Wildman–Crippen LogP) is 1.81. The molecule has 0 atom stereocenters. The van der Waals surface area contributed by atoms with Crippen molar-refractivity contribution < 1.29 is 19.4 Å². The van der Waals surface area contributed by atoms with Gasteiger partial charge in [-0.3, -0.25) is 0 Å². The van der Waals surface area contributed by atoms with Crippen LogP contribution in [0.3, 0.4) is 0 Å². The molecule has 18 heavy (non-hydrogen) atoms. The molecule has 0 aromatic carbocycles. The molecular formula is C13H17NO4. The molecule has 1 aliphatic carbocycles. The Kier molecular flexibility index (Phi) is 3.41. The first kappa shape index (κ1) is 12.7. The highest BCUT2D eigenvalue weighted by atomic mass is 16.6. The van der Waals surface area contributed by atoms with Crippen molar-refractivity contribution >= 4 is 12.1 Å². The largest absolute Gasteiger partial charge is 0.478 e. The number of allylic oxidation sites excluding steroid dienone is 1. The number of hydrogen-bond donors (Lipinski definition) is 1. The van der Waals surface area contributed by atoms with Crippen LogP contribution < -0.4 is 0 Å². The zero-order valence-electron chi connectivity index (χ0n) is 10.2. The van der Waals surface area contributed by atoms with E-state index in [2.05, 4.69) is 6.58 Å². The van der Waals surface area contributed by atoms with Crippen LogP contribution in [0.1, 0.15) is 19.3 Å². The molecule has 0 bridgehead atoms. The summed E-state index contributed by atoms with van der Waals surface area (Å²) in [7, 11) is 0. The van der Waals surface area contributed by atoms with Crippen LogP contribution in [-0.4, -0.2) is 41.8 Å². The number of carbonyl (C=O) groups is 2. The minimum Gasteiger partial charge on any atom is -0.478 e. The number of amides is 1. The van der Waals surface area contributed by atoms with E-state index in [4.69, 9.17) is 9.84 Å². The Morgan fingerprint density at radius 2 is 2.11 bits per heavy atom. The average Bonchev–Trinajstić information content (AvgIpc) is 2.33. The molecule has 0 aromatic rings. The van der Waals surface area contributed by atoms with Crippen molar-refractivity contribution in [2.75, 3.05) is 19.7 Å². The molecule has 0 unspecified atom stereocenters. The lowest BCUT2D eigenvalue weighted by Crippen LogP contribution is -2.45. The van der Waals surface area contributed by atoms with Crippen LogP contribution in [0.5, 0.6) is 0 Å². The van der Waals surface area contributed by atoms with E-state index in [1.165, 1.54) is 6.08 Å². The van der Waals surface area contributed by atoms with Crippen LogP contribution >= 0.6 is 0 Å². The Morgan fingerprint density at radius 1 is 1.50 bits per heavy atom. The van der Waals surface area contributed by atoms with Gasteiger partial charge in [-0.15, -0.1) is 0 Å². The standard InChI is InChI=1S/C13H17NO4/c1-2-7-18-12(17)14-5-3-13(4-6-14)8-10(9-13)11(15)16/h2,8H,1,3-7,9H2,(H,15,16). The molecule has 1 saturated heterocycles. The number of piperidine rings is 1. The minimum absolute atomic E-state index is 0.00292. The Balaban J connectivity index is 1.84. The van der Waals surface area contributed by atoms with Crippen LogP contribution in [-0.2, 0) is 9.53 Å². The van der Waals surface area contributed by atoms with Crippen molar-refractivity contribution in [3.05, 3.63) is 24.3 Å². The normalized spacial score (nSPS) is 20.9. The van der Waals surface area contributed by atoms with Gasteiger partial charge < -0.3 is 14.7 Å². The zero-order valence-corrected chi connectivity index (χ0v) is 10.2. The van der Waals surface area contributed by atoms with Crippen LogP contribution in [0, 0.1) is 5.41 Å². The van der Waals surface area contributed by atoms with E-state index in [-0.39, 0.29) is 18.1 Å². The Morgan fingerprint density at radius 3 is 2.61 bits per heavy atom. The van der Waals surface area contributed by atoms with Gasteiger partial charge >= 0.3 is 12.1 Å². The summed E-state index contributed by atoms with van der Waals surface area (Å²) in [6.45, 7) is 4.96. The summed E-state index contributed by atoms with van der Waals surface area (Å²) < 4.78 is 4.97. The smallest absolute Gasteiger partial charge is 0.410 e. The number of carboxylic acids is 1. The summed E-state index contributed by atoms with van der Waals surface area (Å²) in [5.74, 6) is -0.826. The average molecular weight is 251 g/mol. The molecule has 5 heteroatoms. The highest BCUT2D eigenvalue weighted by Crippen LogP contribution is 2.47. The van der Waals surface area contributed by atoms with E-state index in [1.54, 1.807) is 4.90 Å². The second kappa shape index (κ2) is 4.84. The van der Waals surface area contributed by atoms with Crippen LogP contribution in [0.15, 0.2) is 24.3 Å². The van der Waals surface area contributed by atoms with E-state index < -0.39 is 5.97 Å². The Labute approximate surface area is 106 Å². The summed E-state index contributed by atoms with van der Waals surface area (Å²) in [6, 6.07) is 0. The SMILES string of the molecule is C=CCOC(=O)N1CCC2(C=C(C(=O)O)C2)CC1. The van der Waals surface area contributed by atoms with Crippen LogP contribution in [0.2, 0.25) is 0 Å². The van der Waals surface area contributed by atoms with Crippen molar-refractivity contribution in [3.8, 4) is 0 Å². The highest BCUT2D eigenvalue weighted by molar-refractivity contribution is 5.88. The first-order valence-corrected chi connectivity index (χ1v) is 6.04. The van der Waals surface area contributed by atoms with Gasteiger partial charge in [0.25, 0.3) is 0 Å². The molecule has 0 aromatic heterocycles. The molecular weight excluding hydrogens is 234 g/mol. The lowest BCUT2D eigenvalue weighted by molar-refractivity contribution is -0.133. The first-order chi connectivity index (χ1) is 8.56. The van der Waals surface area contributed by atoms with E-state index in [0.29, 0.717) is 25.1 Å². The van der Waals surface area contributed by atoms with Gasteiger partial charge in [-0.2, -0.15) is 0 Å². The second-order valence-corrected chi connectivity index (χ2v) is 4.87. The molecule has 2 rings (SSSR count). The number of nitrogens with zero attached hydrogens (tertiary/aromatic N) is 1. The molecule has 98 valence electrons. The number of ether oxygens (including phenoxy) is 1. The van der Waals surface area contributed by atoms with E-state index >= 15 is 0 Å². The third-order valence-electron chi connectivity index (χ3n) is 3.64. The summed E-state index contributed by atoms with van der Waals surface area (Å²) in [5.41, 5.74) is 0.501. The van der Waals surface area contributed by atoms with Gasteiger partial charge in [-0.25, -0.2) is 9.59 Å². The molecule has 1 fully saturated rings. The maximum Gasteiger partial charge on any atom is 0.410 e.